The van der Waals surface area contributed by atoms with Gasteiger partial charge in [0.25, 0.3) is 0 Å². The van der Waals surface area contributed by atoms with E-state index in [1.54, 1.807) is 0 Å². The molecule has 0 amide bonds. The van der Waals surface area contributed by atoms with Crippen LogP contribution in [0.4, 0.5) is 0 Å². The molecule has 0 aliphatic heterocycles. The number of unbranched alkanes of at least 4 members (excludes halogenated alkanes) is 1. The third-order valence-corrected chi connectivity index (χ3v) is 2.13. The monoisotopic (exact) mass is 156 g/mol. The molecule has 0 spiro atoms. The third-order valence-electron chi connectivity index (χ3n) is 1.32. The minimum atomic E-state index is 1.18. The van der Waals surface area contributed by atoms with E-state index in [1.807, 2.05) is 11.8 Å². The highest BCUT2D eigenvalue weighted by Crippen LogP contribution is 2.10. The fourth-order valence-electron chi connectivity index (χ4n) is 0.633. The van der Waals surface area contributed by atoms with Crippen molar-refractivity contribution < 1.29 is 0 Å². The molecule has 0 unspecified atom stereocenters. The molecule has 0 fully saturated rings. The second-order valence-electron chi connectivity index (χ2n) is 2.17. The van der Waals surface area contributed by atoms with Crippen molar-refractivity contribution in [3.8, 4) is 0 Å². The summed E-state index contributed by atoms with van der Waals surface area (Å²) in [6.45, 7) is 4.21. The van der Waals surface area contributed by atoms with Crippen LogP contribution in [-0.4, -0.2) is 6.26 Å². The zero-order chi connectivity index (χ0) is 7.82. The quantitative estimate of drug-likeness (QED) is 0.442. The highest BCUT2D eigenvalue weighted by atomic mass is 32.2. The van der Waals surface area contributed by atoms with Gasteiger partial charge in [-0.2, -0.15) is 0 Å². The summed E-state index contributed by atoms with van der Waals surface area (Å²) in [6, 6.07) is 0. The van der Waals surface area contributed by atoms with Crippen LogP contribution in [0.1, 0.15) is 26.7 Å². The van der Waals surface area contributed by atoms with Gasteiger partial charge in [-0.3, -0.25) is 0 Å². The van der Waals surface area contributed by atoms with Gasteiger partial charge in [0.15, 0.2) is 0 Å². The fourth-order valence-corrected chi connectivity index (χ4v) is 0.917. The lowest BCUT2D eigenvalue weighted by molar-refractivity contribution is 1.04. The van der Waals surface area contributed by atoms with Gasteiger partial charge in [0.1, 0.15) is 0 Å². The molecule has 0 radical (unpaired) electrons. The van der Waals surface area contributed by atoms with Gasteiger partial charge in [-0.05, 0) is 37.9 Å². The summed E-state index contributed by atoms with van der Waals surface area (Å²) in [6.07, 6.45) is 11.0. The van der Waals surface area contributed by atoms with Crippen molar-refractivity contribution in [2.75, 3.05) is 6.26 Å². The second kappa shape index (κ2) is 6.94. The van der Waals surface area contributed by atoms with Crippen LogP contribution in [0.15, 0.2) is 23.1 Å². The molecule has 0 bridgehead atoms. The molecule has 0 aromatic carbocycles. The summed E-state index contributed by atoms with van der Waals surface area (Å²) in [4.78, 5) is 1.42. The molecular weight excluding hydrogens is 140 g/mol. The van der Waals surface area contributed by atoms with E-state index in [4.69, 9.17) is 0 Å². The molecule has 0 aromatic rings. The molecule has 0 rings (SSSR count). The first-order chi connectivity index (χ1) is 4.81. The molecule has 0 saturated carbocycles. The van der Waals surface area contributed by atoms with Gasteiger partial charge in [-0.1, -0.05) is 18.2 Å². The van der Waals surface area contributed by atoms with Crippen LogP contribution < -0.4 is 0 Å². The smallest absolute Gasteiger partial charge is 0.0140 e. The van der Waals surface area contributed by atoms with Crippen LogP contribution in [-0.2, 0) is 0 Å². The van der Waals surface area contributed by atoms with E-state index in [0.29, 0.717) is 0 Å². The van der Waals surface area contributed by atoms with Gasteiger partial charge >= 0.3 is 0 Å². The number of rotatable bonds is 4. The Bertz CT molecular complexity index is 123. The molecule has 0 heterocycles. The van der Waals surface area contributed by atoms with E-state index in [9.17, 15) is 0 Å². The van der Waals surface area contributed by atoms with Gasteiger partial charge in [-0.15, -0.1) is 11.8 Å². The predicted octanol–water partition coefficient (Wildman–Crippen LogP) is 3.61. The molecule has 0 nitrogen and oxygen atoms in total. The summed E-state index contributed by atoms with van der Waals surface area (Å²) in [5.41, 5.74) is 0. The van der Waals surface area contributed by atoms with Gasteiger partial charge in [0, 0.05) is 0 Å². The molecule has 0 N–H and O–H groups in total. The van der Waals surface area contributed by atoms with Crippen LogP contribution in [0.2, 0.25) is 0 Å². The SMILES string of the molecule is C/C=C\CC/C=C(\C)SC. The fraction of sp³-hybridized carbons (Fsp3) is 0.556. The molecule has 10 heavy (non-hydrogen) atoms. The van der Waals surface area contributed by atoms with Crippen LogP contribution in [0.5, 0.6) is 0 Å². The van der Waals surface area contributed by atoms with Gasteiger partial charge in [-0.25, -0.2) is 0 Å². The van der Waals surface area contributed by atoms with E-state index in [2.05, 4.69) is 38.3 Å². The average Bonchev–Trinajstić information content (AvgIpc) is 1.98. The lowest BCUT2D eigenvalue weighted by Gasteiger charge is -1.91. The Morgan fingerprint density at radius 2 is 2.10 bits per heavy atom. The van der Waals surface area contributed by atoms with Gasteiger partial charge in [0.2, 0.25) is 0 Å². The maximum atomic E-state index is 2.28. The van der Waals surface area contributed by atoms with Gasteiger partial charge < -0.3 is 0 Å². The first-order valence-electron chi connectivity index (χ1n) is 3.63. The number of hydrogen-bond acceptors (Lipinski definition) is 1. The van der Waals surface area contributed by atoms with Gasteiger partial charge in [0.05, 0.1) is 0 Å². The standard InChI is InChI=1S/C9H16S/c1-4-5-6-7-8-9(2)10-3/h4-5,8H,6-7H2,1-3H3/b5-4-,9-8+. The highest BCUT2D eigenvalue weighted by molar-refractivity contribution is 8.02. The average molecular weight is 156 g/mol. The van der Waals surface area contributed by atoms with Crippen molar-refractivity contribution in [2.24, 2.45) is 0 Å². The molecule has 0 saturated heterocycles. The summed E-state index contributed by atoms with van der Waals surface area (Å²) >= 11 is 1.82. The molecule has 0 aliphatic rings. The van der Waals surface area contributed by atoms with Crippen LogP contribution in [0, 0.1) is 0 Å². The summed E-state index contributed by atoms with van der Waals surface area (Å²) in [5.74, 6) is 0. The van der Waals surface area contributed by atoms with E-state index < -0.39 is 0 Å². The zero-order valence-corrected chi connectivity index (χ0v) is 7.87. The third kappa shape index (κ3) is 5.96. The molecule has 1 heteroatoms. The number of hydrogen-bond donors (Lipinski definition) is 0. The molecule has 0 aromatic heterocycles. The van der Waals surface area contributed by atoms with Crippen molar-refractivity contribution in [2.45, 2.75) is 26.7 Å². The number of allylic oxidation sites excluding steroid dienone is 4. The maximum absolute atomic E-state index is 2.28. The molecule has 0 aliphatic carbocycles. The van der Waals surface area contributed by atoms with Crippen molar-refractivity contribution in [1.29, 1.82) is 0 Å². The van der Waals surface area contributed by atoms with Crippen LogP contribution in [0.3, 0.4) is 0 Å². The van der Waals surface area contributed by atoms with Crippen molar-refractivity contribution in [3.05, 3.63) is 23.1 Å². The van der Waals surface area contributed by atoms with E-state index in [0.717, 1.165) is 0 Å². The normalized spacial score (nSPS) is 12.9. The number of thioether (sulfide) groups is 1. The molecule has 0 atom stereocenters. The Morgan fingerprint density at radius 3 is 2.60 bits per heavy atom. The molecular formula is C9H16S. The Balaban J connectivity index is 3.33. The largest absolute Gasteiger partial charge is 0.135 e. The minimum absolute atomic E-state index is 1.18. The zero-order valence-electron chi connectivity index (χ0n) is 7.05. The van der Waals surface area contributed by atoms with Crippen LogP contribution >= 0.6 is 11.8 Å². The summed E-state index contributed by atoms with van der Waals surface area (Å²) in [7, 11) is 0. The lowest BCUT2D eigenvalue weighted by atomic mass is 10.3. The van der Waals surface area contributed by atoms with E-state index in [-0.39, 0.29) is 0 Å². The Kier molecular flexibility index (Phi) is 6.83. The van der Waals surface area contributed by atoms with Crippen molar-refractivity contribution in [1.82, 2.24) is 0 Å². The maximum Gasteiger partial charge on any atom is -0.0140 e. The first kappa shape index (κ1) is 9.83. The minimum Gasteiger partial charge on any atom is -0.135 e. The summed E-state index contributed by atoms with van der Waals surface area (Å²) < 4.78 is 0. The Labute approximate surface area is 68.4 Å². The van der Waals surface area contributed by atoms with Crippen molar-refractivity contribution in [3.63, 3.8) is 0 Å². The topological polar surface area (TPSA) is 0 Å². The molecule has 58 valence electrons. The summed E-state index contributed by atoms with van der Waals surface area (Å²) in [5, 5.41) is 0. The van der Waals surface area contributed by atoms with Crippen molar-refractivity contribution >= 4 is 11.8 Å². The van der Waals surface area contributed by atoms with Crippen LogP contribution in [0.25, 0.3) is 0 Å². The lowest BCUT2D eigenvalue weighted by Crippen LogP contribution is -1.67. The second-order valence-corrected chi connectivity index (χ2v) is 3.22. The predicted molar refractivity (Wildman–Crippen MR) is 51.3 cm³/mol. The first-order valence-corrected chi connectivity index (χ1v) is 4.85. The highest BCUT2D eigenvalue weighted by Gasteiger charge is 1.81. The Morgan fingerprint density at radius 1 is 1.40 bits per heavy atom. The Hall–Kier alpha value is -0.170. The van der Waals surface area contributed by atoms with E-state index >= 15 is 0 Å². The van der Waals surface area contributed by atoms with E-state index in [1.165, 1.54) is 17.7 Å².